The third kappa shape index (κ3) is 5.84. The summed E-state index contributed by atoms with van der Waals surface area (Å²) in [6.07, 6.45) is 0.223. The molecule has 0 saturated heterocycles. The molecule has 25 heavy (non-hydrogen) atoms. The summed E-state index contributed by atoms with van der Waals surface area (Å²) in [5.41, 5.74) is 1.22. The van der Waals surface area contributed by atoms with Crippen molar-refractivity contribution in [2.75, 3.05) is 25.0 Å². The number of nitrogens with one attached hydrogen (secondary N) is 2. The van der Waals surface area contributed by atoms with E-state index in [9.17, 15) is 13.2 Å². The van der Waals surface area contributed by atoms with Gasteiger partial charge in [-0.15, -0.1) is 0 Å². The normalized spacial score (nSPS) is 11.1. The van der Waals surface area contributed by atoms with Crippen LogP contribution in [0.25, 0.3) is 0 Å². The van der Waals surface area contributed by atoms with Crippen LogP contribution >= 0.6 is 15.9 Å². The first-order chi connectivity index (χ1) is 11.9. The van der Waals surface area contributed by atoms with Crippen molar-refractivity contribution in [1.82, 2.24) is 5.32 Å². The minimum Gasteiger partial charge on any atom is -0.383 e. The van der Waals surface area contributed by atoms with Crippen molar-refractivity contribution in [3.05, 3.63) is 58.6 Å². The number of benzene rings is 2. The molecule has 2 aromatic carbocycles. The molecule has 0 bridgehead atoms. The summed E-state index contributed by atoms with van der Waals surface area (Å²) in [6.45, 7) is 0.917. The third-order valence-corrected chi connectivity index (χ3v) is 5.72. The number of methoxy groups -OCH3 is 1. The Morgan fingerprint density at radius 2 is 1.80 bits per heavy atom. The van der Waals surface area contributed by atoms with Crippen molar-refractivity contribution in [2.45, 2.75) is 11.3 Å². The van der Waals surface area contributed by atoms with Gasteiger partial charge in [0.15, 0.2) is 0 Å². The lowest BCUT2D eigenvalue weighted by molar-refractivity contribution is -0.120. The van der Waals surface area contributed by atoms with E-state index in [1.54, 1.807) is 49.6 Å². The Hall–Kier alpha value is -1.90. The summed E-state index contributed by atoms with van der Waals surface area (Å²) in [5.74, 6) is -0.112. The predicted molar refractivity (Wildman–Crippen MR) is 100.0 cm³/mol. The maximum atomic E-state index is 12.4. The Kier molecular flexibility index (Phi) is 6.98. The van der Waals surface area contributed by atoms with E-state index in [0.29, 0.717) is 23.3 Å². The second-order valence-corrected chi connectivity index (χ2v) is 7.76. The number of sulfonamides is 1. The van der Waals surface area contributed by atoms with Crippen LogP contribution in [0.3, 0.4) is 0 Å². The Balaban J connectivity index is 2.01. The molecular weight excluding hydrogens is 408 g/mol. The quantitative estimate of drug-likeness (QED) is 0.635. The molecule has 0 saturated carbocycles. The molecule has 1 amide bonds. The number of hydrogen-bond acceptors (Lipinski definition) is 4. The van der Waals surface area contributed by atoms with Gasteiger partial charge in [-0.1, -0.05) is 24.3 Å². The number of amides is 1. The topological polar surface area (TPSA) is 84.5 Å². The molecule has 8 heteroatoms. The van der Waals surface area contributed by atoms with Crippen molar-refractivity contribution in [3.8, 4) is 0 Å². The van der Waals surface area contributed by atoms with E-state index >= 15 is 0 Å². The average Bonchev–Trinajstić information content (AvgIpc) is 2.57. The van der Waals surface area contributed by atoms with Crippen molar-refractivity contribution in [3.63, 3.8) is 0 Å². The van der Waals surface area contributed by atoms with Crippen LogP contribution in [0.4, 0.5) is 5.69 Å². The number of halogens is 1. The fraction of sp³-hybridized carbons (Fsp3) is 0.235. The molecule has 0 unspecified atom stereocenters. The molecule has 0 aliphatic heterocycles. The van der Waals surface area contributed by atoms with Gasteiger partial charge in [0.2, 0.25) is 5.91 Å². The molecule has 0 radical (unpaired) electrons. The lowest BCUT2D eigenvalue weighted by atomic mass is 10.1. The van der Waals surface area contributed by atoms with Crippen molar-refractivity contribution in [2.24, 2.45) is 0 Å². The lowest BCUT2D eigenvalue weighted by Gasteiger charge is -2.10. The fourth-order valence-electron chi connectivity index (χ4n) is 2.10. The molecule has 2 N–H and O–H groups in total. The summed E-state index contributed by atoms with van der Waals surface area (Å²) in [5, 5.41) is 2.73. The standard InChI is InChI=1S/C17H19BrN2O4S/c1-24-11-10-19-17(21)12-13-6-8-14(9-7-13)20-25(22,23)16-5-3-2-4-15(16)18/h2-9,20H,10-12H2,1H3,(H,19,21). The molecular formula is C17H19BrN2O4S. The van der Waals surface area contributed by atoms with Crippen LogP contribution in [-0.2, 0) is 26.0 Å². The molecule has 0 heterocycles. The minimum atomic E-state index is -3.68. The summed E-state index contributed by atoms with van der Waals surface area (Å²) < 4.78 is 32.7. The van der Waals surface area contributed by atoms with E-state index in [0.717, 1.165) is 5.56 Å². The van der Waals surface area contributed by atoms with Crippen LogP contribution in [0.15, 0.2) is 57.9 Å². The first-order valence-corrected chi connectivity index (χ1v) is 9.82. The Morgan fingerprint density at radius 1 is 1.12 bits per heavy atom. The second kappa shape index (κ2) is 8.98. The van der Waals surface area contributed by atoms with Crippen molar-refractivity contribution >= 4 is 37.5 Å². The highest BCUT2D eigenvalue weighted by molar-refractivity contribution is 9.10. The van der Waals surface area contributed by atoms with Crippen molar-refractivity contribution < 1.29 is 17.9 Å². The summed E-state index contributed by atoms with van der Waals surface area (Å²) in [7, 11) is -2.12. The van der Waals surface area contributed by atoms with E-state index < -0.39 is 10.0 Å². The van der Waals surface area contributed by atoms with Gasteiger partial charge in [0.1, 0.15) is 4.90 Å². The lowest BCUT2D eigenvalue weighted by Crippen LogP contribution is -2.28. The highest BCUT2D eigenvalue weighted by Gasteiger charge is 2.17. The van der Waals surface area contributed by atoms with E-state index in [1.807, 2.05) is 0 Å². The van der Waals surface area contributed by atoms with Crippen molar-refractivity contribution in [1.29, 1.82) is 0 Å². The maximum absolute atomic E-state index is 12.4. The van der Waals surface area contributed by atoms with Crippen LogP contribution in [0.1, 0.15) is 5.56 Å². The number of anilines is 1. The number of ether oxygens (including phenoxy) is 1. The number of carbonyl (C=O) groups excluding carboxylic acids is 1. The highest BCUT2D eigenvalue weighted by atomic mass is 79.9. The summed E-state index contributed by atoms with van der Waals surface area (Å²) >= 11 is 3.24. The Morgan fingerprint density at radius 3 is 2.44 bits per heavy atom. The molecule has 0 fully saturated rings. The maximum Gasteiger partial charge on any atom is 0.263 e. The Bertz CT molecular complexity index is 823. The molecule has 0 aliphatic carbocycles. The van der Waals surface area contributed by atoms with Crippen LogP contribution in [0.5, 0.6) is 0 Å². The SMILES string of the molecule is COCCNC(=O)Cc1ccc(NS(=O)(=O)c2ccccc2Br)cc1. The third-order valence-electron chi connectivity index (χ3n) is 3.33. The van der Waals surface area contributed by atoms with Gasteiger partial charge in [0, 0.05) is 23.8 Å². The van der Waals surface area contributed by atoms with Gasteiger partial charge in [-0.3, -0.25) is 9.52 Å². The number of carbonyl (C=O) groups is 1. The van der Waals surface area contributed by atoms with Crippen LogP contribution in [0, 0.1) is 0 Å². The monoisotopic (exact) mass is 426 g/mol. The smallest absolute Gasteiger partial charge is 0.263 e. The summed E-state index contributed by atoms with van der Waals surface area (Å²) in [6, 6.07) is 13.3. The molecule has 2 rings (SSSR count). The first kappa shape index (κ1) is 19.4. The highest BCUT2D eigenvalue weighted by Crippen LogP contribution is 2.23. The molecule has 134 valence electrons. The molecule has 0 spiro atoms. The van der Waals surface area contributed by atoms with E-state index in [4.69, 9.17) is 4.74 Å². The van der Waals surface area contributed by atoms with E-state index in [-0.39, 0.29) is 17.2 Å². The van der Waals surface area contributed by atoms with Crippen LogP contribution in [-0.4, -0.2) is 34.6 Å². The van der Waals surface area contributed by atoms with Gasteiger partial charge in [-0.05, 0) is 45.8 Å². The van der Waals surface area contributed by atoms with Gasteiger partial charge >= 0.3 is 0 Å². The van der Waals surface area contributed by atoms with E-state index in [1.165, 1.54) is 6.07 Å². The molecule has 0 aliphatic rings. The first-order valence-electron chi connectivity index (χ1n) is 7.54. The zero-order valence-electron chi connectivity index (χ0n) is 13.7. The minimum absolute atomic E-state index is 0.112. The van der Waals surface area contributed by atoms with Gasteiger partial charge in [0.05, 0.1) is 13.0 Å². The van der Waals surface area contributed by atoms with Gasteiger partial charge in [-0.2, -0.15) is 0 Å². The largest absolute Gasteiger partial charge is 0.383 e. The zero-order valence-corrected chi connectivity index (χ0v) is 16.1. The number of rotatable bonds is 8. The van der Waals surface area contributed by atoms with Gasteiger partial charge < -0.3 is 10.1 Å². The summed E-state index contributed by atoms with van der Waals surface area (Å²) in [4.78, 5) is 11.9. The molecule has 0 aromatic heterocycles. The molecule has 6 nitrogen and oxygen atoms in total. The fourth-order valence-corrected chi connectivity index (χ4v) is 4.17. The van der Waals surface area contributed by atoms with Crippen LogP contribution in [0.2, 0.25) is 0 Å². The zero-order chi connectivity index (χ0) is 18.3. The number of hydrogen-bond donors (Lipinski definition) is 2. The Labute approximate surface area is 155 Å². The van der Waals surface area contributed by atoms with Gasteiger partial charge in [-0.25, -0.2) is 8.42 Å². The second-order valence-electron chi connectivity index (χ2n) is 5.25. The molecule has 2 aromatic rings. The van der Waals surface area contributed by atoms with Crippen LogP contribution < -0.4 is 10.0 Å². The van der Waals surface area contributed by atoms with Gasteiger partial charge in [0.25, 0.3) is 10.0 Å². The van der Waals surface area contributed by atoms with E-state index in [2.05, 4.69) is 26.0 Å². The average molecular weight is 427 g/mol. The predicted octanol–water partition coefficient (Wildman–Crippen LogP) is 2.55. The molecule has 0 atom stereocenters.